The quantitative estimate of drug-likeness (QED) is 0.425. The van der Waals surface area contributed by atoms with E-state index in [1.807, 2.05) is 0 Å². The van der Waals surface area contributed by atoms with E-state index in [2.05, 4.69) is 0 Å². The number of aliphatic carboxylic acids is 1. The molecule has 6 nitrogen and oxygen atoms in total. The Labute approximate surface area is 82.0 Å². The maximum atomic E-state index is 9.96. The summed E-state index contributed by atoms with van der Waals surface area (Å²) in [5.41, 5.74) is 10.5. The van der Waals surface area contributed by atoms with E-state index in [0.29, 0.717) is 13.0 Å². The van der Waals surface area contributed by atoms with Gasteiger partial charge in [-0.15, -0.1) is 0 Å². The van der Waals surface area contributed by atoms with Crippen molar-refractivity contribution in [3.8, 4) is 0 Å². The number of hydrogen-bond donors (Lipinski definition) is 4. The predicted molar refractivity (Wildman–Crippen MR) is 42.5 cm³/mol. The molecule has 0 aromatic carbocycles. The largest absolute Gasteiger partial charge is 0.481 e. The van der Waals surface area contributed by atoms with Crippen LogP contribution in [0.5, 0.6) is 0 Å². The van der Waals surface area contributed by atoms with Gasteiger partial charge in [-0.1, -0.05) is 0 Å². The van der Waals surface area contributed by atoms with Crippen LogP contribution < -0.4 is 17.6 Å². The van der Waals surface area contributed by atoms with Gasteiger partial charge in [0.05, 0.1) is 6.42 Å². The van der Waals surface area contributed by atoms with Gasteiger partial charge in [0.15, 0.2) is 0 Å². The van der Waals surface area contributed by atoms with E-state index in [1.54, 1.807) is 0 Å². The Morgan fingerprint density at radius 1 is 1.50 bits per heavy atom. The van der Waals surface area contributed by atoms with Gasteiger partial charge in [0.2, 0.25) is 0 Å². The molecule has 0 saturated heterocycles. The Morgan fingerprint density at radius 3 is 2.17 bits per heavy atom. The van der Waals surface area contributed by atoms with E-state index in [4.69, 9.17) is 16.6 Å². The predicted octanol–water partition coefficient (Wildman–Crippen LogP) is -1.53. The Bertz CT molecular complexity index is 104. The minimum Gasteiger partial charge on any atom is -0.481 e. The summed E-state index contributed by atoms with van der Waals surface area (Å²) in [5.74, 6) is -0.865. The molecular formula is C5H17FeN3O3. The van der Waals surface area contributed by atoms with E-state index < -0.39 is 5.97 Å². The summed E-state index contributed by atoms with van der Waals surface area (Å²) in [6.07, 6.45) is 0.587. The number of hydrogen-bond acceptors (Lipinski definition) is 4. The molecule has 7 heteroatoms. The van der Waals surface area contributed by atoms with E-state index in [1.165, 1.54) is 0 Å². The van der Waals surface area contributed by atoms with Gasteiger partial charge < -0.3 is 28.2 Å². The summed E-state index contributed by atoms with van der Waals surface area (Å²) in [6.45, 7) is 0.453. The van der Waals surface area contributed by atoms with Crippen molar-refractivity contribution in [3.63, 3.8) is 0 Å². The van der Waals surface area contributed by atoms with Crippen molar-refractivity contribution in [3.05, 3.63) is 0 Å². The monoisotopic (exact) mass is 223 g/mol. The Balaban J connectivity index is -0.000000107. The van der Waals surface area contributed by atoms with Crippen LogP contribution in [0.15, 0.2) is 0 Å². The molecule has 0 saturated carbocycles. The first-order valence-corrected chi connectivity index (χ1v) is 2.84. The fourth-order valence-corrected chi connectivity index (χ4v) is 0.540. The molecule has 0 fully saturated rings. The molecule has 0 aromatic heterocycles. The topological polar surface area (TPSA) is 156 Å². The van der Waals surface area contributed by atoms with Gasteiger partial charge in [-0.2, -0.15) is 0 Å². The first-order valence-electron chi connectivity index (χ1n) is 2.84. The number of rotatable bonds is 4. The van der Waals surface area contributed by atoms with Crippen molar-refractivity contribution in [2.45, 2.75) is 18.9 Å². The standard InChI is InChI=1S/C5H12N2O2.Fe.H3N.H2O/c6-2-1-4(7)3-5(8)9;;;/h4H,1-3,6-7H2,(H,8,9);;1H3;1H2. The van der Waals surface area contributed by atoms with Crippen LogP contribution in [0.2, 0.25) is 0 Å². The Kier molecular flexibility index (Phi) is 25.3. The van der Waals surface area contributed by atoms with Crippen molar-refractivity contribution in [2.75, 3.05) is 6.54 Å². The summed E-state index contributed by atoms with van der Waals surface area (Å²) in [7, 11) is 0. The zero-order valence-corrected chi connectivity index (χ0v) is 7.87. The SMILES string of the molecule is N.NCCC(N)CC(=O)O.O.[Fe]. The molecule has 0 aliphatic heterocycles. The van der Waals surface area contributed by atoms with Crippen LogP contribution in [0.1, 0.15) is 12.8 Å². The van der Waals surface area contributed by atoms with E-state index in [9.17, 15) is 4.79 Å². The van der Waals surface area contributed by atoms with E-state index >= 15 is 0 Å². The summed E-state index contributed by atoms with van der Waals surface area (Å²) in [6, 6.07) is -0.285. The number of carboxylic acid groups (broad SMARTS) is 1. The van der Waals surface area contributed by atoms with Gasteiger partial charge in [0.1, 0.15) is 0 Å². The van der Waals surface area contributed by atoms with Crippen LogP contribution in [-0.2, 0) is 21.9 Å². The van der Waals surface area contributed by atoms with Crippen LogP contribution in [0.4, 0.5) is 0 Å². The minimum absolute atomic E-state index is 0. The van der Waals surface area contributed by atoms with Crippen LogP contribution in [-0.4, -0.2) is 29.1 Å². The summed E-state index contributed by atoms with van der Waals surface area (Å²) >= 11 is 0. The molecule has 0 heterocycles. The molecule has 0 rings (SSSR count). The smallest absolute Gasteiger partial charge is 0.304 e. The number of carbonyl (C=O) groups is 1. The zero-order chi connectivity index (χ0) is 7.28. The van der Waals surface area contributed by atoms with E-state index in [0.717, 1.165) is 0 Å². The molecule has 0 aromatic rings. The first-order chi connectivity index (χ1) is 4.16. The maximum absolute atomic E-state index is 9.96. The van der Waals surface area contributed by atoms with Gasteiger partial charge in [-0.3, -0.25) is 4.79 Å². The third-order valence-electron chi connectivity index (χ3n) is 0.974. The number of nitrogens with two attached hydrogens (primary N) is 2. The maximum Gasteiger partial charge on any atom is 0.304 e. The van der Waals surface area contributed by atoms with Crippen LogP contribution in [0.3, 0.4) is 0 Å². The van der Waals surface area contributed by atoms with Crippen molar-refractivity contribution in [1.29, 1.82) is 0 Å². The van der Waals surface area contributed by atoms with Crippen molar-refractivity contribution < 1.29 is 32.4 Å². The molecule has 1 atom stereocenters. The van der Waals surface area contributed by atoms with Gasteiger partial charge in [-0.05, 0) is 13.0 Å². The second-order valence-corrected chi connectivity index (χ2v) is 1.94. The van der Waals surface area contributed by atoms with Gasteiger partial charge in [0, 0.05) is 23.1 Å². The second kappa shape index (κ2) is 13.4. The average Bonchev–Trinajstić information content (AvgIpc) is 1.63. The molecule has 0 spiro atoms. The molecule has 0 amide bonds. The van der Waals surface area contributed by atoms with E-state index in [-0.39, 0.29) is 41.2 Å². The fourth-order valence-electron chi connectivity index (χ4n) is 0.540. The van der Waals surface area contributed by atoms with Gasteiger partial charge >= 0.3 is 5.97 Å². The summed E-state index contributed by atoms with van der Waals surface area (Å²) < 4.78 is 0. The third kappa shape index (κ3) is 16.4. The first kappa shape index (κ1) is 22.6. The molecular weight excluding hydrogens is 206 g/mol. The Hall–Kier alpha value is -0.171. The average molecular weight is 223 g/mol. The number of carboxylic acids is 1. The van der Waals surface area contributed by atoms with Gasteiger partial charge in [0.25, 0.3) is 0 Å². The van der Waals surface area contributed by atoms with Crippen molar-refractivity contribution >= 4 is 5.97 Å². The Morgan fingerprint density at radius 2 is 1.92 bits per heavy atom. The minimum atomic E-state index is -0.865. The fraction of sp³-hybridized carbons (Fsp3) is 0.800. The van der Waals surface area contributed by atoms with Crippen LogP contribution in [0.25, 0.3) is 0 Å². The molecule has 0 bridgehead atoms. The molecule has 78 valence electrons. The molecule has 10 N–H and O–H groups in total. The molecule has 0 radical (unpaired) electrons. The molecule has 0 aliphatic rings. The third-order valence-corrected chi connectivity index (χ3v) is 0.974. The summed E-state index contributed by atoms with van der Waals surface area (Å²) in [4.78, 5) is 9.96. The van der Waals surface area contributed by atoms with Crippen LogP contribution >= 0.6 is 0 Å². The molecule has 1 unspecified atom stereocenters. The summed E-state index contributed by atoms with van der Waals surface area (Å²) in [5, 5.41) is 8.19. The molecule has 0 aliphatic carbocycles. The van der Waals surface area contributed by atoms with Crippen LogP contribution in [0, 0.1) is 0 Å². The molecule has 12 heavy (non-hydrogen) atoms. The van der Waals surface area contributed by atoms with Gasteiger partial charge in [-0.25, -0.2) is 0 Å². The zero-order valence-electron chi connectivity index (χ0n) is 6.77. The second-order valence-electron chi connectivity index (χ2n) is 1.94. The normalized spacial score (nSPS) is 9.83. The van der Waals surface area contributed by atoms with Crippen molar-refractivity contribution in [2.24, 2.45) is 11.5 Å². The van der Waals surface area contributed by atoms with Crippen molar-refractivity contribution in [1.82, 2.24) is 6.15 Å².